The topological polar surface area (TPSA) is 32.8 Å². The number of fused-ring (bicyclic) bond motifs is 3. The Kier molecular flexibility index (Phi) is 9.94. The lowest BCUT2D eigenvalue weighted by Gasteiger charge is -2.56. The highest BCUT2D eigenvalue weighted by molar-refractivity contribution is 5.76. The Hall–Kier alpha value is -3.37. The molecule has 4 nitrogen and oxygen atoms in total. The molecule has 0 aliphatic carbocycles. The van der Waals surface area contributed by atoms with Crippen LogP contribution in [-0.4, -0.2) is 54.0 Å². The molecule has 45 heavy (non-hydrogen) atoms. The summed E-state index contributed by atoms with van der Waals surface area (Å²) < 4.78 is 88.4. The van der Waals surface area contributed by atoms with Crippen molar-refractivity contribution < 1.29 is 35.9 Å². The number of nitrogens with zero attached hydrogens (tertiary/aromatic N) is 2. The highest BCUT2D eigenvalue weighted by Gasteiger charge is 2.51. The van der Waals surface area contributed by atoms with Gasteiger partial charge in [-0.2, -0.15) is 26.3 Å². The highest BCUT2D eigenvalue weighted by atomic mass is 19.4. The van der Waals surface area contributed by atoms with E-state index in [2.05, 4.69) is 4.90 Å². The maximum absolute atomic E-state index is 13.6. The van der Waals surface area contributed by atoms with Gasteiger partial charge < -0.3 is 9.64 Å². The van der Waals surface area contributed by atoms with E-state index in [0.717, 1.165) is 29.8 Å². The highest BCUT2D eigenvalue weighted by Crippen LogP contribution is 2.47. The van der Waals surface area contributed by atoms with Crippen molar-refractivity contribution in [1.29, 1.82) is 0 Å². The first-order chi connectivity index (χ1) is 21.4. The Bertz CT molecular complexity index is 1350. The molecular formula is C35H38F6N2O2. The largest absolute Gasteiger partial charge is 0.416 e. The summed E-state index contributed by atoms with van der Waals surface area (Å²) in [5.74, 6) is -0.314. The summed E-state index contributed by atoms with van der Waals surface area (Å²) >= 11 is 0. The minimum atomic E-state index is -4.95. The predicted molar refractivity (Wildman–Crippen MR) is 159 cm³/mol. The van der Waals surface area contributed by atoms with Gasteiger partial charge in [-0.3, -0.25) is 9.69 Å². The van der Waals surface area contributed by atoms with Gasteiger partial charge in [-0.1, -0.05) is 60.7 Å². The number of halogens is 6. The molecule has 0 spiro atoms. The Balaban J connectivity index is 1.54. The Morgan fingerprint density at radius 3 is 1.89 bits per heavy atom. The molecule has 3 aliphatic heterocycles. The number of hydrogen-bond donors (Lipinski definition) is 0. The summed E-state index contributed by atoms with van der Waals surface area (Å²) in [4.78, 5) is 17.3. The molecule has 3 aliphatic rings. The Morgan fingerprint density at radius 1 is 0.867 bits per heavy atom. The van der Waals surface area contributed by atoms with Crippen molar-refractivity contribution in [2.45, 2.75) is 63.7 Å². The van der Waals surface area contributed by atoms with E-state index >= 15 is 0 Å². The monoisotopic (exact) mass is 632 g/mol. The fourth-order valence-electron chi connectivity index (χ4n) is 7.21. The third-order valence-electron chi connectivity index (χ3n) is 9.31. The van der Waals surface area contributed by atoms with Crippen LogP contribution in [0.5, 0.6) is 0 Å². The van der Waals surface area contributed by atoms with E-state index in [1.54, 1.807) is 4.90 Å². The van der Waals surface area contributed by atoms with Crippen LogP contribution < -0.4 is 0 Å². The van der Waals surface area contributed by atoms with Crippen molar-refractivity contribution in [2.24, 2.45) is 11.8 Å². The molecule has 3 aromatic carbocycles. The van der Waals surface area contributed by atoms with Crippen LogP contribution >= 0.6 is 0 Å². The van der Waals surface area contributed by atoms with Crippen LogP contribution in [0.3, 0.4) is 0 Å². The van der Waals surface area contributed by atoms with Crippen LogP contribution in [0.25, 0.3) is 0 Å². The Morgan fingerprint density at radius 2 is 1.40 bits per heavy atom. The maximum Gasteiger partial charge on any atom is 0.416 e. The van der Waals surface area contributed by atoms with Crippen LogP contribution in [0.1, 0.15) is 60.4 Å². The van der Waals surface area contributed by atoms with E-state index in [4.69, 9.17) is 4.74 Å². The number of benzene rings is 3. The van der Waals surface area contributed by atoms with Gasteiger partial charge in [0.05, 0.1) is 23.8 Å². The van der Waals surface area contributed by atoms with Gasteiger partial charge in [-0.15, -0.1) is 0 Å². The number of piperidine rings is 3. The minimum Gasteiger partial charge on any atom is -0.372 e. The molecule has 242 valence electrons. The van der Waals surface area contributed by atoms with Crippen molar-refractivity contribution in [3.63, 3.8) is 0 Å². The summed E-state index contributed by atoms with van der Waals surface area (Å²) in [5, 5.41) is 0. The van der Waals surface area contributed by atoms with Gasteiger partial charge in [-0.25, -0.2) is 0 Å². The SMILES string of the molecule is CCN(CC)C(=O)C[C@@H]1CN2CC[C@H]1[C@H](OCc1cc(C(F)(F)F)cc(C(F)(F)F)c1)[C@@H]2C(c1ccccc1)c1ccccc1. The number of ether oxygens (including phenoxy) is 1. The van der Waals surface area contributed by atoms with E-state index in [-0.39, 0.29) is 41.3 Å². The summed E-state index contributed by atoms with van der Waals surface area (Å²) in [6.45, 7) is 6.00. The second-order valence-corrected chi connectivity index (χ2v) is 12.0. The van der Waals surface area contributed by atoms with Crippen molar-refractivity contribution in [2.75, 3.05) is 26.2 Å². The second kappa shape index (κ2) is 13.5. The van der Waals surface area contributed by atoms with Crippen molar-refractivity contribution in [3.05, 3.63) is 107 Å². The van der Waals surface area contributed by atoms with Crippen molar-refractivity contribution in [3.8, 4) is 0 Å². The van der Waals surface area contributed by atoms with Crippen molar-refractivity contribution in [1.82, 2.24) is 9.80 Å². The zero-order valence-corrected chi connectivity index (χ0v) is 25.3. The van der Waals surface area contributed by atoms with Gasteiger partial charge in [0.2, 0.25) is 5.91 Å². The maximum atomic E-state index is 13.6. The molecular weight excluding hydrogens is 594 g/mol. The lowest BCUT2D eigenvalue weighted by atomic mass is 9.67. The molecule has 0 aromatic heterocycles. The number of hydrogen-bond acceptors (Lipinski definition) is 3. The average molecular weight is 633 g/mol. The molecule has 3 fully saturated rings. The first kappa shape index (κ1) is 33.0. The quantitative estimate of drug-likeness (QED) is 0.212. The molecule has 10 heteroatoms. The van der Waals surface area contributed by atoms with E-state index in [1.807, 2.05) is 74.5 Å². The zero-order chi connectivity index (χ0) is 32.4. The van der Waals surface area contributed by atoms with Gasteiger partial charge in [0.1, 0.15) is 0 Å². The van der Waals surface area contributed by atoms with Crippen LogP contribution in [0.15, 0.2) is 78.9 Å². The summed E-state index contributed by atoms with van der Waals surface area (Å²) in [6.07, 6.45) is -9.43. The molecule has 0 N–H and O–H groups in total. The van der Waals surface area contributed by atoms with Gasteiger partial charge in [0.15, 0.2) is 0 Å². The third kappa shape index (κ3) is 7.38. The lowest BCUT2D eigenvalue weighted by molar-refractivity contribution is -0.154. The van der Waals surface area contributed by atoms with Gasteiger partial charge in [-0.05, 0) is 73.5 Å². The molecule has 1 unspecified atom stereocenters. The average Bonchev–Trinajstić information content (AvgIpc) is 3.01. The fourth-order valence-corrected chi connectivity index (χ4v) is 7.21. The van der Waals surface area contributed by atoms with E-state index < -0.39 is 36.2 Å². The molecule has 3 aromatic rings. The fraction of sp³-hybridized carbons (Fsp3) is 0.457. The minimum absolute atomic E-state index is 0.0319. The number of carbonyl (C=O) groups excluding carboxylic acids is 1. The van der Waals surface area contributed by atoms with Gasteiger partial charge >= 0.3 is 12.4 Å². The van der Waals surface area contributed by atoms with Gasteiger partial charge in [0, 0.05) is 38.0 Å². The summed E-state index contributed by atoms with van der Waals surface area (Å²) in [7, 11) is 0. The van der Waals surface area contributed by atoms with E-state index in [1.165, 1.54) is 0 Å². The van der Waals surface area contributed by atoms with Crippen LogP contribution in [0.4, 0.5) is 26.3 Å². The van der Waals surface area contributed by atoms with Crippen LogP contribution in [0, 0.1) is 11.8 Å². The second-order valence-electron chi connectivity index (χ2n) is 12.0. The van der Waals surface area contributed by atoms with Gasteiger partial charge in [0.25, 0.3) is 0 Å². The molecule has 3 saturated heterocycles. The van der Waals surface area contributed by atoms with Crippen molar-refractivity contribution >= 4 is 5.91 Å². The number of rotatable bonds is 10. The third-order valence-corrected chi connectivity index (χ3v) is 9.31. The van der Waals surface area contributed by atoms with E-state index in [9.17, 15) is 31.1 Å². The van der Waals surface area contributed by atoms with Crippen LogP contribution in [-0.2, 0) is 28.5 Å². The molecule has 0 radical (unpaired) electrons. The molecule has 0 saturated carbocycles. The number of alkyl halides is 6. The van der Waals surface area contributed by atoms with E-state index in [0.29, 0.717) is 32.5 Å². The summed E-state index contributed by atoms with van der Waals surface area (Å²) in [6, 6.07) is 21.1. The van der Waals surface area contributed by atoms with Crippen LogP contribution in [0.2, 0.25) is 0 Å². The number of amides is 1. The predicted octanol–water partition coefficient (Wildman–Crippen LogP) is 8.02. The molecule has 5 atom stereocenters. The smallest absolute Gasteiger partial charge is 0.372 e. The summed E-state index contributed by atoms with van der Waals surface area (Å²) in [5.41, 5.74) is -0.863. The lowest BCUT2D eigenvalue weighted by Crippen LogP contribution is -2.64. The Labute approximate surface area is 260 Å². The normalized spacial score (nSPS) is 23.4. The molecule has 2 bridgehead atoms. The first-order valence-corrected chi connectivity index (χ1v) is 15.4. The molecule has 6 rings (SSSR count). The molecule has 1 amide bonds. The number of carbonyl (C=O) groups is 1. The first-order valence-electron chi connectivity index (χ1n) is 15.4. The molecule has 3 heterocycles. The standard InChI is InChI=1S/C35H38F6N2O2/c1-3-42(4-2)30(44)19-26-21-43-16-15-29(26)33(32(43)31(24-11-7-5-8-12-24)25-13-9-6-10-14-25)45-22-23-17-27(34(36,37)38)20-28(18-23)35(39,40)41/h5-14,17-18,20,26,29,31-33H,3-4,15-16,19,21-22H2,1-2H3/t26-,29-,32+,33+/m1/s1. The zero-order valence-electron chi connectivity index (χ0n) is 25.3.